The van der Waals surface area contributed by atoms with Crippen molar-refractivity contribution in [2.24, 2.45) is 11.8 Å². The van der Waals surface area contributed by atoms with Crippen LogP contribution >= 0.6 is 15.9 Å². The van der Waals surface area contributed by atoms with Crippen LogP contribution in [-0.4, -0.2) is 42.1 Å². The highest BCUT2D eigenvalue weighted by Crippen LogP contribution is 2.39. The maximum Gasteiger partial charge on any atom is 0.307 e. The number of likely N-dealkylation sites (N-methyl/N-ethyl adjacent to an activating group) is 1. The lowest BCUT2D eigenvalue weighted by Gasteiger charge is -2.17. The summed E-state index contributed by atoms with van der Waals surface area (Å²) >= 11 is 3.34. The van der Waals surface area contributed by atoms with Crippen LogP contribution in [0.4, 0.5) is 0 Å². The number of hydrogen-bond donors (Lipinski definition) is 1. The molecule has 1 amide bonds. The first kappa shape index (κ1) is 14.8. The van der Waals surface area contributed by atoms with Crippen molar-refractivity contribution in [3.8, 4) is 5.75 Å². The van der Waals surface area contributed by atoms with E-state index in [2.05, 4.69) is 15.9 Å². The zero-order valence-corrected chi connectivity index (χ0v) is 12.7. The van der Waals surface area contributed by atoms with Crippen LogP contribution in [0.1, 0.15) is 6.42 Å². The van der Waals surface area contributed by atoms with Gasteiger partial charge in [0.2, 0.25) is 5.91 Å². The standard InChI is InChI=1S/C14H16BrNO4/c1-16(13(17)11-8-12(11)14(18)19)6-7-20-10-4-2-9(15)3-5-10/h2-5,11-12H,6-8H2,1H3,(H,18,19)/t11-,12+/m1/s1. The van der Waals surface area contributed by atoms with E-state index in [-0.39, 0.29) is 11.8 Å². The first-order valence-electron chi connectivity index (χ1n) is 6.35. The second-order valence-electron chi connectivity index (χ2n) is 4.85. The molecule has 2 atom stereocenters. The first-order chi connectivity index (χ1) is 9.49. The summed E-state index contributed by atoms with van der Waals surface area (Å²) in [6.45, 7) is 0.825. The maximum atomic E-state index is 11.9. The smallest absolute Gasteiger partial charge is 0.307 e. The van der Waals surface area contributed by atoms with Crippen LogP contribution in [-0.2, 0) is 9.59 Å². The molecular formula is C14H16BrNO4. The molecule has 108 valence electrons. The van der Waals surface area contributed by atoms with Crippen LogP contribution in [0, 0.1) is 11.8 Å². The Morgan fingerprint density at radius 2 is 2.00 bits per heavy atom. The Morgan fingerprint density at radius 1 is 1.35 bits per heavy atom. The lowest BCUT2D eigenvalue weighted by molar-refractivity contribution is -0.141. The van der Waals surface area contributed by atoms with E-state index in [0.29, 0.717) is 19.6 Å². The Morgan fingerprint density at radius 3 is 2.55 bits per heavy atom. The molecule has 5 nitrogen and oxygen atoms in total. The number of nitrogens with zero attached hydrogens (tertiary/aromatic N) is 1. The van der Waals surface area contributed by atoms with Gasteiger partial charge >= 0.3 is 5.97 Å². The molecular weight excluding hydrogens is 326 g/mol. The third-order valence-electron chi connectivity index (χ3n) is 3.31. The van der Waals surface area contributed by atoms with Gasteiger partial charge < -0.3 is 14.7 Å². The Kier molecular flexibility index (Phi) is 4.65. The van der Waals surface area contributed by atoms with Crippen molar-refractivity contribution in [3.05, 3.63) is 28.7 Å². The average Bonchev–Trinajstić information content (AvgIpc) is 3.20. The highest BCUT2D eigenvalue weighted by molar-refractivity contribution is 9.10. The van der Waals surface area contributed by atoms with Gasteiger partial charge in [-0.25, -0.2) is 0 Å². The Labute approximate surface area is 125 Å². The van der Waals surface area contributed by atoms with Crippen molar-refractivity contribution in [3.63, 3.8) is 0 Å². The molecule has 1 aromatic carbocycles. The number of benzene rings is 1. The molecule has 0 aromatic heterocycles. The van der Waals surface area contributed by atoms with Gasteiger partial charge in [-0.15, -0.1) is 0 Å². The second-order valence-corrected chi connectivity index (χ2v) is 5.76. The first-order valence-corrected chi connectivity index (χ1v) is 7.14. The molecule has 1 aromatic rings. The topological polar surface area (TPSA) is 66.8 Å². The number of halogens is 1. The largest absolute Gasteiger partial charge is 0.492 e. The number of carboxylic acid groups (broad SMARTS) is 1. The number of rotatable bonds is 6. The van der Waals surface area contributed by atoms with E-state index in [1.807, 2.05) is 24.3 Å². The van der Waals surface area contributed by atoms with E-state index < -0.39 is 11.9 Å². The molecule has 1 saturated carbocycles. The molecule has 0 unspecified atom stereocenters. The molecule has 1 fully saturated rings. The van der Waals surface area contributed by atoms with Crippen LogP contribution in [0.5, 0.6) is 5.75 Å². The number of aliphatic carboxylic acids is 1. The predicted molar refractivity (Wildman–Crippen MR) is 76.5 cm³/mol. The van der Waals surface area contributed by atoms with Gasteiger partial charge in [0.1, 0.15) is 12.4 Å². The molecule has 20 heavy (non-hydrogen) atoms. The van der Waals surface area contributed by atoms with Crippen molar-refractivity contribution < 1.29 is 19.4 Å². The minimum atomic E-state index is -0.886. The van der Waals surface area contributed by atoms with Crippen LogP contribution in [0.25, 0.3) is 0 Å². The van der Waals surface area contributed by atoms with Crippen LogP contribution in [0.2, 0.25) is 0 Å². The molecule has 0 bridgehead atoms. The molecule has 1 aliphatic carbocycles. The predicted octanol–water partition coefficient (Wildman–Crippen LogP) is 2.01. The molecule has 0 heterocycles. The van der Waals surface area contributed by atoms with Gasteiger partial charge in [-0.1, -0.05) is 15.9 Å². The number of hydrogen-bond acceptors (Lipinski definition) is 3. The van der Waals surface area contributed by atoms with Crippen molar-refractivity contribution in [1.29, 1.82) is 0 Å². The lowest BCUT2D eigenvalue weighted by atomic mass is 10.3. The quantitative estimate of drug-likeness (QED) is 0.859. The minimum absolute atomic E-state index is 0.114. The average molecular weight is 342 g/mol. The molecule has 1 N–H and O–H groups in total. The van der Waals surface area contributed by atoms with Gasteiger partial charge in [-0.2, -0.15) is 0 Å². The van der Waals surface area contributed by atoms with Crippen molar-refractivity contribution >= 4 is 27.8 Å². The SMILES string of the molecule is CN(CCOc1ccc(Br)cc1)C(=O)[C@@H]1C[C@@H]1C(=O)O. The van der Waals surface area contributed by atoms with Crippen LogP contribution in [0.15, 0.2) is 28.7 Å². The van der Waals surface area contributed by atoms with Crippen molar-refractivity contribution in [1.82, 2.24) is 4.90 Å². The van der Waals surface area contributed by atoms with Gasteiger partial charge in [-0.05, 0) is 30.7 Å². The Balaban J connectivity index is 1.73. The fourth-order valence-electron chi connectivity index (χ4n) is 1.97. The normalized spacial score (nSPS) is 20.3. The van der Waals surface area contributed by atoms with Gasteiger partial charge in [-0.3, -0.25) is 9.59 Å². The summed E-state index contributed by atoms with van der Waals surface area (Å²) in [5.41, 5.74) is 0. The molecule has 0 spiro atoms. The summed E-state index contributed by atoms with van der Waals surface area (Å²) in [6.07, 6.45) is 0.450. The third-order valence-corrected chi connectivity index (χ3v) is 3.84. The summed E-state index contributed by atoms with van der Waals surface area (Å²) in [5, 5.41) is 8.80. The van der Waals surface area contributed by atoms with Crippen molar-refractivity contribution in [2.75, 3.05) is 20.2 Å². The highest BCUT2D eigenvalue weighted by Gasteiger charge is 2.49. The molecule has 0 saturated heterocycles. The summed E-state index contributed by atoms with van der Waals surface area (Å²) in [7, 11) is 1.67. The van der Waals surface area contributed by atoms with Crippen molar-refractivity contribution in [2.45, 2.75) is 6.42 Å². The number of amides is 1. The van der Waals surface area contributed by atoms with E-state index in [1.54, 1.807) is 7.05 Å². The molecule has 2 rings (SSSR count). The fraction of sp³-hybridized carbons (Fsp3) is 0.429. The van der Waals surface area contributed by atoms with E-state index in [9.17, 15) is 9.59 Å². The van der Waals surface area contributed by atoms with E-state index in [4.69, 9.17) is 9.84 Å². The van der Waals surface area contributed by atoms with E-state index in [1.165, 1.54) is 4.90 Å². The summed E-state index contributed by atoms with van der Waals surface area (Å²) < 4.78 is 6.50. The zero-order chi connectivity index (χ0) is 14.7. The second kappa shape index (κ2) is 6.26. The number of carbonyl (C=O) groups is 2. The van der Waals surface area contributed by atoms with Gasteiger partial charge in [0, 0.05) is 11.5 Å². The summed E-state index contributed by atoms with van der Waals surface area (Å²) in [4.78, 5) is 24.2. The third kappa shape index (κ3) is 3.72. The molecule has 0 aliphatic heterocycles. The minimum Gasteiger partial charge on any atom is -0.492 e. The monoisotopic (exact) mass is 341 g/mol. The van der Waals surface area contributed by atoms with Gasteiger partial charge in [0.15, 0.2) is 0 Å². The van der Waals surface area contributed by atoms with Crippen LogP contribution < -0.4 is 4.74 Å². The molecule has 6 heteroatoms. The zero-order valence-electron chi connectivity index (χ0n) is 11.1. The maximum absolute atomic E-state index is 11.9. The Hall–Kier alpha value is -1.56. The summed E-state index contributed by atoms with van der Waals surface area (Å²) in [5.74, 6) is -1.12. The summed E-state index contributed by atoms with van der Waals surface area (Å²) in [6, 6.07) is 7.44. The van der Waals surface area contributed by atoms with Gasteiger partial charge in [0.05, 0.1) is 18.4 Å². The Bertz CT molecular complexity index is 502. The number of ether oxygens (including phenoxy) is 1. The molecule has 0 radical (unpaired) electrons. The van der Waals surface area contributed by atoms with E-state index in [0.717, 1.165) is 10.2 Å². The lowest BCUT2D eigenvalue weighted by Crippen LogP contribution is -2.32. The van der Waals surface area contributed by atoms with Crippen LogP contribution in [0.3, 0.4) is 0 Å². The number of carbonyl (C=O) groups excluding carboxylic acids is 1. The molecule has 1 aliphatic rings. The van der Waals surface area contributed by atoms with Gasteiger partial charge in [0.25, 0.3) is 0 Å². The number of carboxylic acids is 1. The fourth-order valence-corrected chi connectivity index (χ4v) is 2.23. The highest BCUT2D eigenvalue weighted by atomic mass is 79.9. The van der Waals surface area contributed by atoms with E-state index >= 15 is 0 Å².